The molecule has 0 amide bonds. The van der Waals surface area contributed by atoms with Crippen LogP contribution in [0.3, 0.4) is 0 Å². The number of ether oxygens (including phenoxy) is 1. The lowest BCUT2D eigenvalue weighted by atomic mass is 10.1. The molecule has 21 heteroatoms. The average Bonchev–Trinajstić information content (AvgIpc) is 3.13. The number of nitrogens with one attached hydrogen (secondary N) is 1. The zero-order chi connectivity index (χ0) is 23.2. The standard InChI is InChI=1S/C10H15N4O14P3/c15-6-4(1-25-30(21,22)28-31(23,24)27-29(18,19)20)26-10(7(6)16)14-3-13-5-8(14)11-2-12-9(5)17/h2-4,6-7,10,15-16H,1H2,(H,21,22)(H,23,24)(H,11,12,17)(H2,18,19,20)/p-4/t4-,6+,7-,10+/m0/s1. The monoisotopic (exact) mass is 504 g/mol. The average molecular weight is 504 g/mol. The number of aromatic nitrogens is 4. The first-order chi connectivity index (χ1) is 14.2. The van der Waals surface area contributed by atoms with Crippen molar-refractivity contribution in [2.24, 2.45) is 0 Å². The van der Waals surface area contributed by atoms with Gasteiger partial charge < -0.3 is 48.6 Å². The fraction of sp³-hybridized carbons (Fsp3) is 0.500. The fourth-order valence-corrected chi connectivity index (χ4v) is 5.46. The molecule has 18 nitrogen and oxygen atoms in total. The molecule has 3 N–H and O–H groups in total. The van der Waals surface area contributed by atoms with Crippen molar-refractivity contribution in [2.45, 2.75) is 24.5 Å². The van der Waals surface area contributed by atoms with Crippen LogP contribution < -0.4 is 25.1 Å². The van der Waals surface area contributed by atoms with Crippen molar-refractivity contribution in [3.05, 3.63) is 23.0 Å². The first-order valence-electron chi connectivity index (χ1n) is 7.82. The van der Waals surface area contributed by atoms with E-state index < -0.39 is 60.2 Å². The second-order valence-electron chi connectivity index (χ2n) is 5.90. The van der Waals surface area contributed by atoms with Crippen molar-refractivity contribution in [1.82, 2.24) is 19.5 Å². The molecular weight excluding hydrogens is 493 g/mol. The maximum Gasteiger partial charge on any atom is 0.278 e. The Hall–Kier alpha value is -1.36. The zero-order valence-electron chi connectivity index (χ0n) is 14.6. The predicted molar refractivity (Wildman–Crippen MR) is 85.0 cm³/mol. The Balaban J connectivity index is 1.70. The molecule has 2 aromatic heterocycles. The first kappa shape index (κ1) is 24.3. The van der Waals surface area contributed by atoms with Gasteiger partial charge in [0.05, 0.1) is 27.1 Å². The maximum absolute atomic E-state index is 11.7. The van der Waals surface area contributed by atoms with Crippen LogP contribution >= 0.6 is 23.5 Å². The van der Waals surface area contributed by atoms with E-state index in [4.69, 9.17) is 4.74 Å². The summed E-state index contributed by atoms with van der Waals surface area (Å²) >= 11 is 0. The molecule has 31 heavy (non-hydrogen) atoms. The lowest BCUT2D eigenvalue weighted by Crippen LogP contribution is -2.34. The summed E-state index contributed by atoms with van der Waals surface area (Å²) in [5.74, 6) is 0. The highest BCUT2D eigenvalue weighted by Crippen LogP contribution is 2.60. The molecule has 0 radical (unpaired) electrons. The van der Waals surface area contributed by atoms with Crippen LogP contribution in [0.1, 0.15) is 6.23 Å². The largest absolute Gasteiger partial charge is 0.790 e. The topological polar surface area (TPSA) is 284 Å². The van der Waals surface area contributed by atoms with Crippen molar-refractivity contribution in [1.29, 1.82) is 0 Å². The fourth-order valence-electron chi connectivity index (χ4n) is 2.59. The number of hydrogen-bond donors (Lipinski definition) is 3. The van der Waals surface area contributed by atoms with Gasteiger partial charge in [-0.2, -0.15) is 0 Å². The van der Waals surface area contributed by atoms with Gasteiger partial charge in [0, 0.05) is 0 Å². The molecule has 0 spiro atoms. The highest BCUT2D eigenvalue weighted by Gasteiger charge is 2.45. The van der Waals surface area contributed by atoms with Crippen molar-refractivity contribution in [3.63, 3.8) is 0 Å². The second kappa shape index (κ2) is 8.53. The molecule has 0 saturated carbocycles. The Labute approximate surface area is 170 Å². The van der Waals surface area contributed by atoms with Crippen molar-refractivity contribution in [2.75, 3.05) is 6.61 Å². The smallest absolute Gasteiger partial charge is 0.278 e. The molecular formula is C10H11N4O14P3-4. The third-order valence-electron chi connectivity index (χ3n) is 3.77. The van der Waals surface area contributed by atoms with Crippen LogP contribution in [-0.2, 0) is 31.6 Å². The van der Waals surface area contributed by atoms with Gasteiger partial charge in [-0.15, -0.1) is 0 Å². The summed E-state index contributed by atoms with van der Waals surface area (Å²) in [5.41, 5.74) is -0.764. The van der Waals surface area contributed by atoms with E-state index in [9.17, 15) is 48.3 Å². The van der Waals surface area contributed by atoms with Gasteiger partial charge in [-0.25, -0.2) is 14.3 Å². The molecule has 0 bridgehead atoms. The van der Waals surface area contributed by atoms with Crippen molar-refractivity contribution >= 4 is 34.6 Å². The third kappa shape index (κ3) is 5.71. The van der Waals surface area contributed by atoms with Crippen LogP contribution in [0.15, 0.2) is 17.4 Å². The van der Waals surface area contributed by atoms with E-state index in [-0.39, 0.29) is 11.2 Å². The lowest BCUT2D eigenvalue weighted by molar-refractivity contribution is -0.339. The molecule has 2 unspecified atom stereocenters. The molecule has 3 rings (SSSR count). The molecule has 1 aliphatic heterocycles. The maximum atomic E-state index is 11.7. The number of rotatable bonds is 8. The molecule has 6 atom stereocenters. The minimum atomic E-state index is -6.15. The summed E-state index contributed by atoms with van der Waals surface area (Å²) in [6.45, 7) is -1.11. The van der Waals surface area contributed by atoms with Gasteiger partial charge in [0.15, 0.2) is 17.4 Å². The van der Waals surface area contributed by atoms with Gasteiger partial charge in [-0.05, 0) is 0 Å². The van der Waals surface area contributed by atoms with Gasteiger partial charge in [-0.3, -0.25) is 22.8 Å². The Kier molecular flexibility index (Phi) is 6.68. The predicted octanol–water partition coefficient (Wildman–Crippen LogP) is -4.45. The number of nitrogens with zero attached hydrogens (tertiary/aromatic N) is 3. The molecule has 174 valence electrons. The van der Waals surface area contributed by atoms with Crippen LogP contribution in [0.4, 0.5) is 0 Å². The van der Waals surface area contributed by atoms with Crippen molar-refractivity contribution in [3.8, 4) is 0 Å². The summed E-state index contributed by atoms with van der Waals surface area (Å²) < 4.78 is 50.0. The minimum Gasteiger partial charge on any atom is -0.790 e. The van der Waals surface area contributed by atoms with E-state index in [1.54, 1.807) is 0 Å². The zero-order valence-corrected chi connectivity index (χ0v) is 17.3. The van der Waals surface area contributed by atoms with Crippen LogP contribution in [0.5, 0.6) is 0 Å². The van der Waals surface area contributed by atoms with E-state index in [1.165, 1.54) is 0 Å². The Bertz CT molecular complexity index is 1160. The van der Waals surface area contributed by atoms with Crippen LogP contribution in [0.2, 0.25) is 0 Å². The number of fused-ring (bicyclic) bond motifs is 1. The Morgan fingerprint density at radius 1 is 1.10 bits per heavy atom. The third-order valence-corrected chi connectivity index (χ3v) is 7.44. The number of H-pyrrole nitrogens is 1. The van der Waals surface area contributed by atoms with Gasteiger partial charge in [0.25, 0.3) is 21.2 Å². The van der Waals surface area contributed by atoms with Gasteiger partial charge >= 0.3 is 0 Å². The van der Waals surface area contributed by atoms with E-state index in [2.05, 4.69) is 28.1 Å². The number of phosphoric ester groups is 1. The summed E-state index contributed by atoms with van der Waals surface area (Å²) in [4.78, 5) is 64.9. The molecule has 0 aromatic carbocycles. The first-order valence-corrected chi connectivity index (χ1v) is 12.2. The summed E-state index contributed by atoms with van der Waals surface area (Å²) in [7, 11) is -18.1. The summed E-state index contributed by atoms with van der Waals surface area (Å²) in [6.07, 6.45) is -4.35. The summed E-state index contributed by atoms with van der Waals surface area (Å²) in [5, 5.41) is 20.3. The van der Waals surface area contributed by atoms with Gasteiger partial charge in [0.2, 0.25) is 0 Å². The van der Waals surface area contributed by atoms with Crippen molar-refractivity contribution < 1.29 is 61.4 Å². The molecule has 1 saturated heterocycles. The highest BCUT2D eigenvalue weighted by molar-refractivity contribution is 7.64. The minimum absolute atomic E-state index is 0.0384. The van der Waals surface area contributed by atoms with Gasteiger partial charge in [0.1, 0.15) is 18.3 Å². The number of aliphatic hydroxyl groups excluding tert-OH is 2. The normalized spacial score (nSPS) is 28.5. The lowest BCUT2D eigenvalue weighted by Gasteiger charge is -2.37. The molecule has 3 heterocycles. The number of imidazole rings is 1. The van der Waals surface area contributed by atoms with E-state index in [0.717, 1.165) is 17.2 Å². The molecule has 1 aliphatic rings. The van der Waals surface area contributed by atoms with E-state index in [1.807, 2.05) is 0 Å². The second-order valence-corrected chi connectivity index (χ2v) is 10.2. The Morgan fingerprint density at radius 2 is 1.77 bits per heavy atom. The summed E-state index contributed by atoms with van der Waals surface area (Å²) in [6, 6.07) is 0. The number of hydrogen-bond acceptors (Lipinski definition) is 16. The number of aromatic amines is 1. The molecule has 1 fully saturated rings. The van der Waals surface area contributed by atoms with Crippen LogP contribution in [0.25, 0.3) is 11.2 Å². The van der Waals surface area contributed by atoms with Crippen LogP contribution in [-0.4, -0.2) is 54.7 Å². The van der Waals surface area contributed by atoms with E-state index in [0.29, 0.717) is 0 Å². The van der Waals surface area contributed by atoms with Crippen LogP contribution in [0, 0.1) is 0 Å². The molecule has 0 aliphatic carbocycles. The number of phosphoric acid groups is 3. The van der Waals surface area contributed by atoms with E-state index >= 15 is 0 Å². The van der Waals surface area contributed by atoms with Gasteiger partial charge in [-0.1, -0.05) is 0 Å². The quantitative estimate of drug-likeness (QED) is 0.286. The Morgan fingerprint density at radius 3 is 2.42 bits per heavy atom. The number of aliphatic hydroxyl groups is 2. The SMILES string of the molecule is O=c1[nH]cnc2c1ncn2[C@@H]1O[C@@H](COP(=O)([O-])OP(=O)([O-])OP(=O)([O-])[O-])[C@@H](O)[C@@H]1O. The highest BCUT2D eigenvalue weighted by atomic mass is 31.3. The molecule has 2 aromatic rings.